The van der Waals surface area contributed by atoms with Crippen LogP contribution in [-0.4, -0.2) is 44.4 Å². The highest BCUT2D eigenvalue weighted by atomic mass is 32.2. The number of ether oxygens (including phenoxy) is 1. The molecular formula is C7H12FN2O7PS. The van der Waals surface area contributed by atoms with Crippen LogP contribution in [0.25, 0.3) is 0 Å². The molecular weight excluding hydrogens is 306 g/mol. The molecule has 0 aromatic rings. The summed E-state index contributed by atoms with van der Waals surface area (Å²) in [6.45, 7) is 2.35. The fourth-order valence-corrected chi connectivity index (χ4v) is 2.80. The standard InChI is InChI=1S/C7H12FN2O7PS/c1-2-3-15-18(8,12)10(9)7(11)17-6-4-16-19(13,14)5-6/h2,6H,1,3-5,9H2. The number of nitrogens with zero attached hydrogens (tertiary/aromatic N) is 1. The smallest absolute Gasteiger partial charge is 0.441 e. The largest absolute Gasteiger partial charge is 0.492 e. The summed E-state index contributed by atoms with van der Waals surface area (Å²) < 4.78 is 59.1. The number of halogens is 1. The number of carbonyl (C=O) groups excluding carboxylic acids is 1. The third kappa shape index (κ3) is 4.55. The van der Waals surface area contributed by atoms with E-state index in [0.717, 1.165) is 6.08 Å². The van der Waals surface area contributed by atoms with Crippen LogP contribution in [0.4, 0.5) is 8.99 Å². The van der Waals surface area contributed by atoms with Gasteiger partial charge in [-0.2, -0.15) is 8.42 Å². The SMILES string of the molecule is C=CCOP(=O)(F)N(N)C(=O)OC1COS(=O)(=O)C1. The molecule has 110 valence electrons. The molecule has 1 fully saturated rings. The van der Waals surface area contributed by atoms with Crippen molar-refractivity contribution in [3.63, 3.8) is 0 Å². The minimum Gasteiger partial charge on any atom is -0.441 e. The van der Waals surface area contributed by atoms with E-state index >= 15 is 0 Å². The average molecular weight is 318 g/mol. The van der Waals surface area contributed by atoms with E-state index < -0.39 is 49.1 Å². The van der Waals surface area contributed by atoms with Crippen molar-refractivity contribution < 1.29 is 35.4 Å². The molecule has 0 aromatic heterocycles. The topological polar surface area (TPSA) is 125 Å². The van der Waals surface area contributed by atoms with E-state index in [1.165, 1.54) is 0 Å². The quantitative estimate of drug-likeness (QED) is 0.192. The molecule has 1 heterocycles. The maximum atomic E-state index is 13.4. The second kappa shape index (κ2) is 5.97. The zero-order chi connectivity index (χ0) is 14.7. The van der Waals surface area contributed by atoms with Crippen LogP contribution in [0, 0.1) is 0 Å². The van der Waals surface area contributed by atoms with Gasteiger partial charge in [0, 0.05) is 0 Å². The van der Waals surface area contributed by atoms with Crippen LogP contribution in [0.5, 0.6) is 0 Å². The minimum absolute atomic E-state index is 0.360. The van der Waals surface area contributed by atoms with Crippen LogP contribution in [-0.2, 0) is 28.1 Å². The Balaban J connectivity index is 2.58. The molecule has 1 aliphatic rings. The highest BCUT2D eigenvalue weighted by Gasteiger charge is 2.39. The molecule has 9 nitrogen and oxygen atoms in total. The molecule has 2 atom stereocenters. The van der Waals surface area contributed by atoms with Gasteiger partial charge in [0.25, 0.3) is 10.1 Å². The first-order valence-corrected chi connectivity index (χ1v) is 7.90. The van der Waals surface area contributed by atoms with E-state index in [9.17, 15) is 22.0 Å². The lowest BCUT2D eigenvalue weighted by Crippen LogP contribution is -2.37. The third-order valence-electron chi connectivity index (χ3n) is 1.89. The van der Waals surface area contributed by atoms with Gasteiger partial charge in [-0.15, -0.1) is 15.6 Å². The lowest BCUT2D eigenvalue weighted by molar-refractivity contribution is 0.0726. The molecule has 2 N–H and O–H groups in total. The average Bonchev–Trinajstić information content (AvgIpc) is 2.65. The number of hydrogen-bond donors (Lipinski definition) is 1. The van der Waals surface area contributed by atoms with Crippen LogP contribution < -0.4 is 5.84 Å². The van der Waals surface area contributed by atoms with Gasteiger partial charge < -0.3 is 4.74 Å². The maximum Gasteiger partial charge on any atom is 0.492 e. The molecule has 0 saturated carbocycles. The molecule has 1 amide bonds. The number of carbonyl (C=O) groups is 1. The zero-order valence-electron chi connectivity index (χ0n) is 9.60. The van der Waals surface area contributed by atoms with Gasteiger partial charge in [-0.25, -0.2) is 15.2 Å². The lowest BCUT2D eigenvalue weighted by Gasteiger charge is -2.20. The summed E-state index contributed by atoms with van der Waals surface area (Å²) in [7, 11) is -8.83. The van der Waals surface area contributed by atoms with E-state index in [1.54, 1.807) is 0 Å². The fourth-order valence-electron chi connectivity index (χ4n) is 1.07. The Morgan fingerprint density at radius 1 is 1.68 bits per heavy atom. The van der Waals surface area contributed by atoms with Gasteiger partial charge in [0.1, 0.15) is 18.5 Å². The van der Waals surface area contributed by atoms with E-state index in [4.69, 9.17) is 5.84 Å². The molecule has 0 spiro atoms. The van der Waals surface area contributed by atoms with E-state index in [2.05, 4.69) is 20.0 Å². The first kappa shape index (κ1) is 16.1. The Bertz CT molecular complexity index is 510. The second-order valence-corrected chi connectivity index (χ2v) is 6.67. The summed E-state index contributed by atoms with van der Waals surface area (Å²) in [5.41, 5.74) is 0. The van der Waals surface area contributed by atoms with E-state index in [0.29, 0.717) is 0 Å². The Morgan fingerprint density at radius 3 is 2.79 bits per heavy atom. The van der Waals surface area contributed by atoms with Gasteiger partial charge in [-0.05, 0) is 0 Å². The summed E-state index contributed by atoms with van der Waals surface area (Å²) >= 11 is 0. The molecule has 1 saturated heterocycles. The molecule has 12 heteroatoms. The Morgan fingerprint density at radius 2 is 2.32 bits per heavy atom. The first-order chi connectivity index (χ1) is 8.68. The van der Waals surface area contributed by atoms with Gasteiger partial charge in [0.15, 0.2) is 0 Å². The minimum atomic E-state index is -5.07. The van der Waals surface area contributed by atoms with Gasteiger partial charge in [-0.3, -0.25) is 8.71 Å². The highest BCUT2D eigenvalue weighted by molar-refractivity contribution is 7.87. The van der Waals surface area contributed by atoms with Gasteiger partial charge in [-0.1, -0.05) is 6.08 Å². The normalized spacial score (nSPS) is 24.4. The second-order valence-electron chi connectivity index (χ2n) is 3.40. The molecule has 1 rings (SSSR count). The third-order valence-corrected chi connectivity index (χ3v) is 4.31. The molecule has 0 aliphatic carbocycles. The van der Waals surface area contributed by atoms with Gasteiger partial charge in [0.2, 0.25) is 0 Å². The Kier molecular flexibility index (Phi) is 5.04. The zero-order valence-corrected chi connectivity index (χ0v) is 11.3. The first-order valence-electron chi connectivity index (χ1n) is 4.86. The Hall–Kier alpha value is -1.00. The van der Waals surface area contributed by atoms with Gasteiger partial charge in [0.05, 0.1) is 6.61 Å². The van der Waals surface area contributed by atoms with Crippen molar-refractivity contribution in [1.29, 1.82) is 0 Å². The highest BCUT2D eigenvalue weighted by Crippen LogP contribution is 2.50. The predicted molar refractivity (Wildman–Crippen MR) is 60.9 cm³/mol. The van der Waals surface area contributed by atoms with Crippen molar-refractivity contribution in [2.24, 2.45) is 5.84 Å². The summed E-state index contributed by atoms with van der Waals surface area (Å²) in [6.07, 6.45) is -1.58. The van der Waals surface area contributed by atoms with E-state index in [1.807, 2.05) is 0 Å². The maximum absolute atomic E-state index is 13.4. The van der Waals surface area contributed by atoms with Crippen molar-refractivity contribution in [2.75, 3.05) is 19.0 Å². The van der Waals surface area contributed by atoms with Crippen molar-refractivity contribution >= 4 is 24.0 Å². The number of amides is 1. The molecule has 0 radical (unpaired) electrons. The fraction of sp³-hybridized carbons (Fsp3) is 0.571. The van der Waals surface area contributed by atoms with E-state index in [-0.39, 0.29) is 4.78 Å². The van der Waals surface area contributed by atoms with Crippen molar-refractivity contribution in [3.8, 4) is 0 Å². The lowest BCUT2D eigenvalue weighted by atomic mass is 10.4. The molecule has 19 heavy (non-hydrogen) atoms. The molecule has 1 aliphatic heterocycles. The van der Waals surface area contributed by atoms with Crippen molar-refractivity contribution in [2.45, 2.75) is 6.10 Å². The van der Waals surface area contributed by atoms with Crippen LogP contribution in [0.3, 0.4) is 0 Å². The number of rotatable bonds is 5. The number of hydrogen-bond acceptors (Lipinski definition) is 8. The molecule has 0 bridgehead atoms. The van der Waals surface area contributed by atoms with Crippen LogP contribution in [0.15, 0.2) is 12.7 Å². The number of hydrazine groups is 1. The van der Waals surface area contributed by atoms with Gasteiger partial charge >= 0.3 is 13.9 Å². The predicted octanol–water partition coefficient (Wildman–Crippen LogP) is 0.307. The summed E-state index contributed by atoms with van der Waals surface area (Å²) in [6, 6.07) is 0. The Labute approximate surface area is 108 Å². The monoisotopic (exact) mass is 318 g/mol. The summed E-state index contributed by atoms with van der Waals surface area (Å²) in [4.78, 5) is 11.3. The van der Waals surface area contributed by atoms with Crippen molar-refractivity contribution in [1.82, 2.24) is 4.78 Å². The number of nitrogens with two attached hydrogens (primary N) is 1. The summed E-state index contributed by atoms with van der Waals surface area (Å²) in [5.74, 6) is 4.37. The molecule has 0 aromatic carbocycles. The van der Waals surface area contributed by atoms with Crippen LogP contribution >= 0.6 is 7.83 Å². The summed E-state index contributed by atoms with van der Waals surface area (Å²) in [5, 5.41) is 0. The van der Waals surface area contributed by atoms with Crippen LogP contribution in [0.2, 0.25) is 0 Å². The molecule has 2 unspecified atom stereocenters. The van der Waals surface area contributed by atoms with Crippen LogP contribution in [0.1, 0.15) is 0 Å². The van der Waals surface area contributed by atoms with Crippen molar-refractivity contribution in [3.05, 3.63) is 12.7 Å².